The number of hydrogen-bond donors (Lipinski definition) is 0. The van der Waals surface area contributed by atoms with Crippen molar-refractivity contribution in [2.24, 2.45) is 9.98 Å². The van der Waals surface area contributed by atoms with Crippen molar-refractivity contribution in [3.8, 4) is 0 Å². The smallest absolute Gasteiger partial charge is 0.211 e. The second kappa shape index (κ2) is 5.84. The highest BCUT2D eigenvalue weighted by molar-refractivity contribution is 5.47. The molecule has 1 aromatic carbocycles. The first kappa shape index (κ1) is 14.9. The summed E-state index contributed by atoms with van der Waals surface area (Å²) in [5.74, 6) is 0. The van der Waals surface area contributed by atoms with Crippen LogP contribution in [0.1, 0.15) is 25.8 Å². The summed E-state index contributed by atoms with van der Waals surface area (Å²) < 4.78 is 0. The lowest BCUT2D eigenvalue weighted by Gasteiger charge is -2.31. The Labute approximate surface area is 123 Å². The third kappa shape index (κ3) is 2.97. The van der Waals surface area contributed by atoms with Gasteiger partial charge in [-0.2, -0.15) is 9.98 Å². The molecule has 1 aromatic rings. The van der Waals surface area contributed by atoms with Gasteiger partial charge in [0.15, 0.2) is 5.66 Å². The Morgan fingerprint density at radius 1 is 1.10 bits per heavy atom. The molecular formula is C17H16N2O2. The average Bonchev–Trinajstić information content (AvgIpc) is 2.49. The highest BCUT2D eigenvalue weighted by Crippen LogP contribution is 2.37. The fourth-order valence-corrected chi connectivity index (χ4v) is 2.45. The zero-order valence-electron chi connectivity index (χ0n) is 12.0. The van der Waals surface area contributed by atoms with Crippen LogP contribution in [0.2, 0.25) is 0 Å². The minimum atomic E-state index is -1.18. The summed E-state index contributed by atoms with van der Waals surface area (Å²) in [6.07, 6.45) is 8.76. The van der Waals surface area contributed by atoms with Gasteiger partial charge >= 0.3 is 0 Å². The Morgan fingerprint density at radius 3 is 2.19 bits per heavy atom. The third-order valence-electron chi connectivity index (χ3n) is 3.85. The fourth-order valence-electron chi connectivity index (χ4n) is 2.45. The monoisotopic (exact) mass is 280 g/mol. The van der Waals surface area contributed by atoms with E-state index in [4.69, 9.17) is 0 Å². The lowest BCUT2D eigenvalue weighted by atomic mass is 9.75. The van der Waals surface area contributed by atoms with Crippen LogP contribution in [0.3, 0.4) is 0 Å². The first-order valence-electron chi connectivity index (χ1n) is 6.67. The average molecular weight is 280 g/mol. The molecule has 0 atom stereocenters. The maximum atomic E-state index is 10.5. The van der Waals surface area contributed by atoms with E-state index >= 15 is 0 Å². The molecule has 0 unspecified atom stereocenters. The molecule has 4 heteroatoms. The molecular weight excluding hydrogens is 264 g/mol. The minimum absolute atomic E-state index is 0.181. The zero-order valence-corrected chi connectivity index (χ0v) is 12.0. The second-order valence-electron chi connectivity index (χ2n) is 5.47. The molecule has 1 aliphatic carbocycles. The molecule has 0 aliphatic heterocycles. The van der Waals surface area contributed by atoms with Gasteiger partial charge in [-0.15, -0.1) is 0 Å². The lowest BCUT2D eigenvalue weighted by molar-refractivity contribution is 0.507. The number of benzene rings is 1. The molecule has 0 N–H and O–H groups in total. The van der Waals surface area contributed by atoms with Gasteiger partial charge in [-0.05, 0) is 17.2 Å². The number of hydrogen-bond acceptors (Lipinski definition) is 4. The molecule has 0 bridgehead atoms. The summed E-state index contributed by atoms with van der Waals surface area (Å²) in [5, 5.41) is 0. The van der Waals surface area contributed by atoms with Crippen molar-refractivity contribution in [2.45, 2.75) is 31.3 Å². The Bertz CT molecular complexity index is 656. The van der Waals surface area contributed by atoms with Gasteiger partial charge in [0.25, 0.3) is 0 Å². The first-order valence-corrected chi connectivity index (χ1v) is 6.67. The maximum Gasteiger partial charge on any atom is 0.237 e. The SMILES string of the molecule is CC(C)(C1=CCC(N=C=O)(N=C=O)C=C1)c1ccccc1. The van der Waals surface area contributed by atoms with Crippen LogP contribution in [0.4, 0.5) is 0 Å². The van der Waals surface area contributed by atoms with Crippen LogP contribution in [0.15, 0.2) is 64.1 Å². The van der Waals surface area contributed by atoms with E-state index in [9.17, 15) is 9.59 Å². The highest BCUT2D eigenvalue weighted by atomic mass is 16.1. The van der Waals surface area contributed by atoms with Crippen LogP contribution in [0.5, 0.6) is 0 Å². The predicted octanol–water partition coefficient (Wildman–Crippen LogP) is 3.22. The highest BCUT2D eigenvalue weighted by Gasteiger charge is 2.32. The van der Waals surface area contributed by atoms with Crippen molar-refractivity contribution in [3.63, 3.8) is 0 Å². The molecule has 1 aliphatic rings. The minimum Gasteiger partial charge on any atom is -0.211 e. The first-order chi connectivity index (χ1) is 10.0. The Morgan fingerprint density at radius 2 is 1.71 bits per heavy atom. The van der Waals surface area contributed by atoms with E-state index in [-0.39, 0.29) is 5.41 Å². The van der Waals surface area contributed by atoms with Gasteiger partial charge in [0.1, 0.15) is 0 Å². The second-order valence-corrected chi connectivity index (χ2v) is 5.47. The lowest BCUT2D eigenvalue weighted by Crippen LogP contribution is -2.26. The number of rotatable bonds is 4. The Kier molecular flexibility index (Phi) is 4.13. The van der Waals surface area contributed by atoms with Gasteiger partial charge in [0, 0.05) is 11.8 Å². The van der Waals surface area contributed by atoms with Crippen LogP contribution >= 0.6 is 0 Å². The summed E-state index contributed by atoms with van der Waals surface area (Å²) in [4.78, 5) is 28.3. The van der Waals surface area contributed by atoms with E-state index < -0.39 is 5.66 Å². The summed E-state index contributed by atoms with van der Waals surface area (Å²) >= 11 is 0. The molecule has 4 nitrogen and oxygen atoms in total. The van der Waals surface area contributed by atoms with Crippen molar-refractivity contribution >= 4 is 12.2 Å². The predicted molar refractivity (Wildman–Crippen MR) is 80.3 cm³/mol. The molecule has 0 heterocycles. The third-order valence-corrected chi connectivity index (χ3v) is 3.85. The van der Waals surface area contributed by atoms with Crippen LogP contribution in [-0.2, 0) is 15.0 Å². The van der Waals surface area contributed by atoms with Gasteiger partial charge < -0.3 is 0 Å². The fraction of sp³-hybridized carbons (Fsp3) is 0.294. The summed E-state index contributed by atoms with van der Waals surface area (Å²) in [6, 6.07) is 10.1. The number of nitrogens with zero attached hydrogens (tertiary/aromatic N) is 2. The quantitative estimate of drug-likeness (QED) is 0.628. The van der Waals surface area contributed by atoms with Gasteiger partial charge in [0.05, 0.1) is 0 Å². The van der Waals surface area contributed by atoms with Crippen molar-refractivity contribution in [1.82, 2.24) is 0 Å². The number of isocyanates is 2. The van der Waals surface area contributed by atoms with Crippen LogP contribution in [0.25, 0.3) is 0 Å². The van der Waals surface area contributed by atoms with E-state index in [2.05, 4.69) is 36.0 Å². The molecule has 0 aromatic heterocycles. The van der Waals surface area contributed by atoms with Crippen LogP contribution in [-0.4, -0.2) is 17.8 Å². The number of carbonyl (C=O) groups excluding carboxylic acids is 2. The number of allylic oxidation sites excluding steroid dienone is 2. The molecule has 0 saturated carbocycles. The molecule has 0 saturated heterocycles. The molecule has 21 heavy (non-hydrogen) atoms. The van der Waals surface area contributed by atoms with Gasteiger partial charge in [-0.25, -0.2) is 9.59 Å². The van der Waals surface area contributed by atoms with E-state index in [0.29, 0.717) is 6.42 Å². The topological polar surface area (TPSA) is 58.9 Å². The van der Waals surface area contributed by atoms with Gasteiger partial charge in [0.2, 0.25) is 12.2 Å². The Balaban J connectivity index is 2.34. The summed E-state index contributed by atoms with van der Waals surface area (Å²) in [6.45, 7) is 4.25. The standard InChI is InChI=1S/C17H16N2O2/c1-16(2,14-6-4-3-5-7-14)15-8-10-17(11-9-15,18-12-20)19-13-21/h3-10H,11H2,1-2H3. The molecule has 0 spiro atoms. The molecule has 2 rings (SSSR count). The van der Waals surface area contributed by atoms with E-state index in [1.165, 1.54) is 17.7 Å². The zero-order chi connectivity index (χ0) is 15.3. The summed E-state index contributed by atoms with van der Waals surface area (Å²) in [5.41, 5.74) is 0.914. The molecule has 0 fully saturated rings. The Hall–Kier alpha value is -2.54. The maximum absolute atomic E-state index is 10.5. The number of aliphatic imine (C=N–C) groups is 2. The van der Waals surface area contributed by atoms with E-state index in [1.807, 2.05) is 30.4 Å². The van der Waals surface area contributed by atoms with Crippen molar-refractivity contribution in [3.05, 3.63) is 59.7 Å². The van der Waals surface area contributed by atoms with Crippen molar-refractivity contribution < 1.29 is 9.59 Å². The van der Waals surface area contributed by atoms with Gasteiger partial charge in [-0.1, -0.05) is 56.3 Å². The largest absolute Gasteiger partial charge is 0.237 e. The molecule has 0 radical (unpaired) electrons. The van der Waals surface area contributed by atoms with Gasteiger partial charge in [-0.3, -0.25) is 0 Å². The van der Waals surface area contributed by atoms with Crippen LogP contribution in [0, 0.1) is 0 Å². The van der Waals surface area contributed by atoms with Crippen LogP contribution < -0.4 is 0 Å². The van der Waals surface area contributed by atoms with E-state index in [0.717, 1.165) is 5.57 Å². The van der Waals surface area contributed by atoms with Crippen molar-refractivity contribution in [1.29, 1.82) is 0 Å². The van der Waals surface area contributed by atoms with E-state index in [1.54, 1.807) is 6.08 Å². The molecule has 0 amide bonds. The summed E-state index contributed by atoms with van der Waals surface area (Å²) in [7, 11) is 0. The van der Waals surface area contributed by atoms with Crippen molar-refractivity contribution in [2.75, 3.05) is 0 Å². The molecule has 106 valence electrons. The normalized spacial score (nSPS) is 21.0.